The van der Waals surface area contributed by atoms with E-state index in [4.69, 9.17) is 14.2 Å². The van der Waals surface area contributed by atoms with Gasteiger partial charge in [0.15, 0.2) is 5.79 Å². The molecule has 2 aromatic rings. The zero-order valence-electron chi connectivity index (χ0n) is 15.2. The number of nitrogens with one attached hydrogen (secondary N) is 1. The van der Waals surface area contributed by atoms with Gasteiger partial charge < -0.3 is 19.1 Å². The van der Waals surface area contributed by atoms with Gasteiger partial charge in [-0.1, -0.05) is 30.3 Å². The molecular formula is C21H24N2O4. The number of piperidine rings is 1. The number of nitrogens with zero attached hydrogens (tertiary/aromatic N) is 1. The Hall–Kier alpha value is -2.57. The number of benzene rings is 2. The first kappa shape index (κ1) is 17.8. The van der Waals surface area contributed by atoms with E-state index in [1.54, 1.807) is 0 Å². The number of ether oxygens (including phenoxy) is 3. The van der Waals surface area contributed by atoms with Crippen LogP contribution in [0.2, 0.25) is 0 Å². The predicted octanol–water partition coefficient (Wildman–Crippen LogP) is 3.78. The van der Waals surface area contributed by atoms with Crippen LogP contribution in [0.1, 0.15) is 18.4 Å². The molecule has 0 unspecified atom stereocenters. The first-order valence-electron chi connectivity index (χ1n) is 9.33. The van der Waals surface area contributed by atoms with Crippen molar-refractivity contribution in [2.24, 2.45) is 0 Å². The lowest BCUT2D eigenvalue weighted by molar-refractivity contribution is -0.169. The number of hydrogen-bond donors (Lipinski definition) is 1. The topological polar surface area (TPSA) is 60.0 Å². The van der Waals surface area contributed by atoms with Crippen molar-refractivity contribution in [2.45, 2.75) is 25.2 Å². The summed E-state index contributed by atoms with van der Waals surface area (Å²) >= 11 is 0. The molecule has 2 fully saturated rings. The highest BCUT2D eigenvalue weighted by Gasteiger charge is 2.39. The maximum atomic E-state index is 11.9. The molecule has 2 aliphatic rings. The normalized spacial score (nSPS) is 18.4. The molecular weight excluding hydrogens is 344 g/mol. The molecule has 27 heavy (non-hydrogen) atoms. The minimum atomic E-state index is -0.456. The van der Waals surface area contributed by atoms with Gasteiger partial charge in [-0.25, -0.2) is 4.79 Å². The fourth-order valence-electron chi connectivity index (χ4n) is 3.52. The Morgan fingerprint density at radius 2 is 1.67 bits per heavy atom. The van der Waals surface area contributed by atoms with Gasteiger partial charge >= 0.3 is 6.09 Å². The molecule has 0 aromatic heterocycles. The number of carbonyl (C=O) groups excluding carboxylic acids is 1. The van der Waals surface area contributed by atoms with E-state index >= 15 is 0 Å². The minimum Gasteiger partial charge on any atom is -0.444 e. The Labute approximate surface area is 159 Å². The molecule has 0 bridgehead atoms. The average molecular weight is 368 g/mol. The van der Waals surface area contributed by atoms with E-state index in [0.29, 0.717) is 18.9 Å². The Balaban J connectivity index is 1.27. The zero-order chi connectivity index (χ0) is 18.5. The summed E-state index contributed by atoms with van der Waals surface area (Å²) in [6.07, 6.45) is 1.29. The van der Waals surface area contributed by atoms with Crippen molar-refractivity contribution < 1.29 is 19.0 Å². The van der Waals surface area contributed by atoms with Crippen molar-refractivity contribution in [3.63, 3.8) is 0 Å². The largest absolute Gasteiger partial charge is 0.444 e. The van der Waals surface area contributed by atoms with E-state index in [1.165, 1.54) is 0 Å². The van der Waals surface area contributed by atoms with Crippen LogP contribution < -0.4 is 10.2 Å². The molecule has 2 aromatic carbocycles. The van der Waals surface area contributed by atoms with Gasteiger partial charge in [-0.15, -0.1) is 0 Å². The second-order valence-corrected chi connectivity index (χ2v) is 6.83. The Morgan fingerprint density at radius 3 is 2.33 bits per heavy atom. The van der Waals surface area contributed by atoms with Gasteiger partial charge in [-0.3, -0.25) is 5.32 Å². The van der Waals surface area contributed by atoms with Crippen molar-refractivity contribution >= 4 is 17.5 Å². The number of hydrogen-bond acceptors (Lipinski definition) is 5. The van der Waals surface area contributed by atoms with Gasteiger partial charge in [-0.2, -0.15) is 0 Å². The third-order valence-electron chi connectivity index (χ3n) is 5.03. The number of carbonyl (C=O) groups is 1. The smallest absolute Gasteiger partial charge is 0.411 e. The molecule has 142 valence electrons. The minimum absolute atomic E-state index is 0.254. The standard InChI is InChI=1S/C21H24N2O4/c24-20(25-16-17-4-2-1-3-5-17)22-18-6-8-19(9-7-18)23-12-10-21(11-13-23)26-14-15-27-21/h1-9H,10-16H2,(H,22,24). The van der Waals surface area contributed by atoms with Crippen molar-refractivity contribution in [1.82, 2.24) is 0 Å². The summed E-state index contributed by atoms with van der Waals surface area (Å²) in [5, 5.41) is 2.76. The van der Waals surface area contributed by atoms with Crippen LogP contribution >= 0.6 is 0 Å². The Kier molecular flexibility index (Phi) is 5.27. The third kappa shape index (κ3) is 4.40. The first-order valence-corrected chi connectivity index (χ1v) is 9.33. The maximum Gasteiger partial charge on any atom is 0.411 e. The Bertz CT molecular complexity index is 748. The lowest BCUT2D eigenvalue weighted by Gasteiger charge is -2.38. The molecule has 1 N–H and O–H groups in total. The zero-order valence-corrected chi connectivity index (χ0v) is 15.2. The highest BCUT2D eigenvalue weighted by molar-refractivity contribution is 5.84. The lowest BCUT2D eigenvalue weighted by Crippen LogP contribution is -2.45. The van der Waals surface area contributed by atoms with Gasteiger partial charge in [0.2, 0.25) is 0 Å². The SMILES string of the molecule is O=C(Nc1ccc(N2CCC3(CC2)OCCO3)cc1)OCc1ccccc1. The van der Waals surface area contributed by atoms with Crippen LogP contribution in [0.15, 0.2) is 54.6 Å². The van der Waals surface area contributed by atoms with Crippen LogP contribution in [0, 0.1) is 0 Å². The quantitative estimate of drug-likeness (QED) is 0.890. The van der Waals surface area contributed by atoms with E-state index in [2.05, 4.69) is 10.2 Å². The first-order chi connectivity index (χ1) is 13.2. The molecule has 0 atom stereocenters. The van der Waals surface area contributed by atoms with Crippen molar-refractivity contribution in [2.75, 3.05) is 36.5 Å². The number of anilines is 2. The molecule has 0 saturated carbocycles. The summed E-state index contributed by atoms with van der Waals surface area (Å²) in [6, 6.07) is 17.4. The summed E-state index contributed by atoms with van der Waals surface area (Å²) < 4.78 is 16.8. The van der Waals surface area contributed by atoms with Crippen LogP contribution in [-0.2, 0) is 20.8 Å². The second-order valence-electron chi connectivity index (χ2n) is 6.83. The van der Waals surface area contributed by atoms with Crippen LogP contribution in [0.5, 0.6) is 0 Å². The van der Waals surface area contributed by atoms with E-state index in [0.717, 1.165) is 37.2 Å². The summed E-state index contributed by atoms with van der Waals surface area (Å²) in [6.45, 7) is 3.43. The van der Waals surface area contributed by atoms with Gasteiger partial charge in [-0.05, 0) is 29.8 Å². The van der Waals surface area contributed by atoms with Gasteiger partial charge in [0.1, 0.15) is 6.61 Å². The molecule has 6 heteroatoms. The molecule has 2 saturated heterocycles. The number of rotatable bonds is 4. The van der Waals surface area contributed by atoms with Crippen LogP contribution in [0.3, 0.4) is 0 Å². The lowest BCUT2D eigenvalue weighted by atomic mass is 10.0. The third-order valence-corrected chi connectivity index (χ3v) is 5.03. The van der Waals surface area contributed by atoms with E-state index < -0.39 is 6.09 Å². The summed E-state index contributed by atoms with van der Waals surface area (Å²) in [5.41, 5.74) is 2.81. The molecule has 1 amide bonds. The number of amides is 1. The van der Waals surface area contributed by atoms with Gasteiger partial charge in [0, 0.05) is 37.3 Å². The summed E-state index contributed by atoms with van der Waals surface area (Å²) in [7, 11) is 0. The predicted molar refractivity (Wildman–Crippen MR) is 103 cm³/mol. The molecule has 1 spiro atoms. The molecule has 2 aliphatic heterocycles. The van der Waals surface area contributed by atoms with Crippen LogP contribution in [0.25, 0.3) is 0 Å². The van der Waals surface area contributed by atoms with Crippen molar-refractivity contribution in [1.29, 1.82) is 0 Å². The second kappa shape index (κ2) is 7.98. The van der Waals surface area contributed by atoms with E-state index in [-0.39, 0.29) is 12.4 Å². The van der Waals surface area contributed by atoms with Crippen LogP contribution in [0.4, 0.5) is 16.2 Å². The van der Waals surface area contributed by atoms with Crippen molar-refractivity contribution in [3.8, 4) is 0 Å². The highest BCUT2D eigenvalue weighted by atomic mass is 16.7. The van der Waals surface area contributed by atoms with E-state index in [1.807, 2.05) is 54.6 Å². The monoisotopic (exact) mass is 368 g/mol. The van der Waals surface area contributed by atoms with Gasteiger partial charge in [0.25, 0.3) is 0 Å². The average Bonchev–Trinajstić information content (AvgIpc) is 3.16. The van der Waals surface area contributed by atoms with Crippen LogP contribution in [-0.4, -0.2) is 38.2 Å². The fourth-order valence-corrected chi connectivity index (χ4v) is 3.52. The summed E-state index contributed by atoms with van der Waals surface area (Å²) in [5.74, 6) is -0.361. The fraction of sp³-hybridized carbons (Fsp3) is 0.381. The maximum absolute atomic E-state index is 11.9. The van der Waals surface area contributed by atoms with E-state index in [9.17, 15) is 4.79 Å². The molecule has 4 rings (SSSR count). The molecule has 0 radical (unpaired) electrons. The molecule has 0 aliphatic carbocycles. The molecule has 2 heterocycles. The van der Waals surface area contributed by atoms with Crippen molar-refractivity contribution in [3.05, 3.63) is 60.2 Å². The van der Waals surface area contributed by atoms with Gasteiger partial charge in [0.05, 0.1) is 13.2 Å². The summed E-state index contributed by atoms with van der Waals surface area (Å²) in [4.78, 5) is 14.3. The highest BCUT2D eigenvalue weighted by Crippen LogP contribution is 2.33. The molecule has 6 nitrogen and oxygen atoms in total. The Morgan fingerprint density at radius 1 is 1.00 bits per heavy atom.